The van der Waals surface area contributed by atoms with E-state index in [-0.39, 0.29) is 11.3 Å². The molecule has 0 unspecified atom stereocenters. The highest BCUT2D eigenvalue weighted by molar-refractivity contribution is 7.57. The summed E-state index contributed by atoms with van der Waals surface area (Å²) < 4.78 is 28.7. The molecule has 0 radical (unpaired) electrons. The van der Waals surface area contributed by atoms with Gasteiger partial charge in [-0.3, -0.25) is 14.4 Å². The summed E-state index contributed by atoms with van der Waals surface area (Å²) in [5.41, 5.74) is 2.84. The number of hydrogen-bond acceptors (Lipinski definition) is 5. The van der Waals surface area contributed by atoms with Crippen LogP contribution in [0, 0.1) is 0 Å². The lowest BCUT2D eigenvalue weighted by atomic mass is 9.84. The van der Waals surface area contributed by atoms with Crippen LogP contribution in [-0.2, 0) is 24.2 Å². The van der Waals surface area contributed by atoms with Crippen molar-refractivity contribution in [3.63, 3.8) is 0 Å². The fourth-order valence-electron chi connectivity index (χ4n) is 4.53. The molecule has 0 aromatic heterocycles. The van der Waals surface area contributed by atoms with Crippen LogP contribution in [0.2, 0.25) is 0 Å². The summed E-state index contributed by atoms with van der Waals surface area (Å²) >= 11 is 0. The van der Waals surface area contributed by atoms with Gasteiger partial charge in [0.15, 0.2) is 0 Å². The molecule has 4 rings (SSSR count). The number of anilines is 1. The molecule has 3 aliphatic heterocycles. The number of hydrogen-bond donors (Lipinski definition) is 1. The van der Waals surface area contributed by atoms with E-state index in [2.05, 4.69) is 31.1 Å². The Morgan fingerprint density at radius 2 is 1.57 bits per heavy atom. The zero-order valence-corrected chi connectivity index (χ0v) is 18.9. The molecule has 3 heterocycles. The summed E-state index contributed by atoms with van der Waals surface area (Å²) in [5, 5.41) is 2.90. The zero-order valence-electron chi connectivity index (χ0n) is 18.0. The van der Waals surface area contributed by atoms with Crippen LogP contribution in [0.25, 0.3) is 0 Å². The lowest BCUT2D eigenvalue weighted by Crippen LogP contribution is -2.48. The monoisotopic (exact) mass is 434 g/mol. The summed E-state index contributed by atoms with van der Waals surface area (Å²) in [7, 11) is -1.31. The molecule has 1 amide bonds. The molecule has 2 saturated heterocycles. The lowest BCUT2D eigenvalue weighted by molar-refractivity contribution is -0.115. The molecule has 1 aromatic rings. The van der Waals surface area contributed by atoms with Crippen LogP contribution in [0.15, 0.2) is 36.0 Å². The van der Waals surface area contributed by atoms with E-state index in [1.165, 1.54) is 5.56 Å². The van der Waals surface area contributed by atoms with Crippen LogP contribution in [0.1, 0.15) is 19.4 Å². The second kappa shape index (κ2) is 8.44. The average Bonchev–Trinajstić information content (AvgIpc) is 2.96. The second-order valence-corrected chi connectivity index (χ2v) is 10.8. The number of nitrogens with zero attached hydrogens (tertiary/aromatic N) is 3. The van der Waals surface area contributed by atoms with E-state index in [0.717, 1.165) is 11.4 Å². The van der Waals surface area contributed by atoms with Crippen molar-refractivity contribution < 1.29 is 18.8 Å². The molecule has 8 nitrogen and oxygen atoms in total. The first-order chi connectivity index (χ1) is 14.3. The van der Waals surface area contributed by atoms with Crippen LogP contribution >= 0.6 is 7.59 Å². The van der Waals surface area contributed by atoms with Crippen LogP contribution in [-0.4, -0.2) is 74.9 Å². The summed E-state index contributed by atoms with van der Waals surface area (Å²) in [6.45, 7) is 8.38. The first kappa shape index (κ1) is 21.5. The smallest absolute Gasteiger partial charge is 0.311 e. The number of nitrogens with one attached hydrogen (secondary N) is 1. The standard InChI is InChI=1S/C21H31N4O4P/c1-21(2)17-6-4-5-7-18(17)23(3)19(21)16-20(26)22-30(27,24-8-12-28-13-9-24)25-10-14-29-15-11-25/h4-7,16H,8-15H2,1-3H3,(H,22,26,27). The number of ether oxygens (including phenoxy) is 2. The van der Waals surface area contributed by atoms with Gasteiger partial charge in [0.05, 0.1) is 26.4 Å². The molecular weight excluding hydrogens is 403 g/mol. The molecule has 3 aliphatic rings. The molecule has 2 fully saturated rings. The van der Waals surface area contributed by atoms with Gasteiger partial charge in [-0.15, -0.1) is 0 Å². The number of fused-ring (bicyclic) bond motifs is 1. The van der Waals surface area contributed by atoms with Gasteiger partial charge in [-0.2, -0.15) is 0 Å². The Balaban J connectivity index is 1.61. The maximum Gasteiger partial charge on any atom is 0.311 e. The number of carbonyl (C=O) groups is 1. The molecule has 30 heavy (non-hydrogen) atoms. The van der Waals surface area contributed by atoms with Gasteiger partial charge in [0.2, 0.25) is 0 Å². The van der Waals surface area contributed by atoms with Gasteiger partial charge in [0, 0.05) is 56.1 Å². The molecule has 0 bridgehead atoms. The maximum atomic E-state index is 14.1. The fraction of sp³-hybridized carbons (Fsp3) is 0.571. The highest BCUT2D eigenvalue weighted by atomic mass is 31.2. The predicted molar refractivity (Wildman–Crippen MR) is 116 cm³/mol. The number of amides is 1. The SMILES string of the molecule is CN1C(=CC(=O)NP(=O)(N2CCOCC2)N2CCOCC2)C(C)(C)c2ccccc21. The van der Waals surface area contributed by atoms with Crippen molar-refractivity contribution in [3.8, 4) is 0 Å². The molecule has 0 aliphatic carbocycles. The van der Waals surface area contributed by atoms with E-state index in [1.54, 1.807) is 6.08 Å². The van der Waals surface area contributed by atoms with Crippen molar-refractivity contribution >= 4 is 19.2 Å². The third-order valence-electron chi connectivity index (χ3n) is 6.21. The van der Waals surface area contributed by atoms with E-state index in [4.69, 9.17) is 9.47 Å². The van der Waals surface area contributed by atoms with Crippen molar-refractivity contribution in [2.45, 2.75) is 19.3 Å². The topological polar surface area (TPSA) is 74.4 Å². The van der Waals surface area contributed by atoms with Gasteiger partial charge in [0.25, 0.3) is 5.91 Å². The molecule has 1 N–H and O–H groups in total. The van der Waals surface area contributed by atoms with Crippen LogP contribution < -0.4 is 9.99 Å². The number of benzene rings is 1. The number of likely N-dealkylation sites (N-methyl/N-ethyl adjacent to an activating group) is 1. The summed E-state index contributed by atoms with van der Waals surface area (Å²) in [4.78, 5) is 15.2. The zero-order chi connectivity index (χ0) is 21.4. The van der Waals surface area contributed by atoms with Gasteiger partial charge >= 0.3 is 7.59 Å². The molecule has 164 valence electrons. The highest BCUT2D eigenvalue weighted by Crippen LogP contribution is 2.50. The third-order valence-corrected chi connectivity index (χ3v) is 9.05. The van der Waals surface area contributed by atoms with E-state index in [9.17, 15) is 9.36 Å². The summed E-state index contributed by atoms with van der Waals surface area (Å²) in [6, 6.07) is 8.17. The van der Waals surface area contributed by atoms with E-state index in [1.807, 2.05) is 33.4 Å². The molecule has 1 aromatic carbocycles. The minimum Gasteiger partial charge on any atom is -0.379 e. The minimum absolute atomic E-state index is 0.315. The highest BCUT2D eigenvalue weighted by Gasteiger charge is 2.42. The number of morpholine rings is 2. The van der Waals surface area contributed by atoms with Crippen molar-refractivity contribution in [2.24, 2.45) is 0 Å². The van der Waals surface area contributed by atoms with Crippen molar-refractivity contribution in [1.82, 2.24) is 14.4 Å². The first-order valence-electron chi connectivity index (χ1n) is 10.5. The molecule has 0 spiro atoms. The molecular formula is C21H31N4O4P. The van der Waals surface area contributed by atoms with Crippen molar-refractivity contribution in [1.29, 1.82) is 0 Å². The van der Waals surface area contributed by atoms with Gasteiger partial charge in [-0.05, 0) is 11.6 Å². The van der Waals surface area contributed by atoms with E-state index >= 15 is 0 Å². The number of carbonyl (C=O) groups excluding carboxylic acids is 1. The fourth-order valence-corrected chi connectivity index (χ4v) is 6.93. The third kappa shape index (κ3) is 3.83. The van der Waals surface area contributed by atoms with Gasteiger partial charge in [-0.25, -0.2) is 9.34 Å². The first-order valence-corrected chi connectivity index (χ1v) is 12.1. The van der Waals surface area contributed by atoms with Gasteiger partial charge < -0.3 is 14.4 Å². The molecule has 0 saturated carbocycles. The average molecular weight is 434 g/mol. The molecule has 9 heteroatoms. The van der Waals surface area contributed by atoms with E-state index in [0.29, 0.717) is 52.6 Å². The Kier molecular flexibility index (Phi) is 6.06. The Bertz CT molecular complexity index is 854. The Morgan fingerprint density at radius 1 is 1.03 bits per heavy atom. The number of rotatable bonds is 4. The van der Waals surface area contributed by atoms with Gasteiger partial charge in [0.1, 0.15) is 0 Å². The normalized spacial score (nSPS) is 24.1. The Morgan fingerprint density at radius 3 is 2.10 bits per heavy atom. The quantitative estimate of drug-likeness (QED) is 0.575. The summed E-state index contributed by atoms with van der Waals surface area (Å²) in [5.74, 6) is -0.334. The predicted octanol–water partition coefficient (Wildman–Crippen LogP) is 2.19. The van der Waals surface area contributed by atoms with Crippen LogP contribution in [0.5, 0.6) is 0 Å². The van der Waals surface area contributed by atoms with Gasteiger partial charge in [-0.1, -0.05) is 32.0 Å². The largest absolute Gasteiger partial charge is 0.379 e. The Hall–Kier alpha value is -1.70. The second-order valence-electron chi connectivity index (χ2n) is 8.38. The Labute approximate surface area is 178 Å². The molecule has 0 atom stereocenters. The summed E-state index contributed by atoms with van der Waals surface area (Å²) in [6.07, 6.45) is 1.60. The van der Waals surface area contributed by atoms with Crippen LogP contribution in [0.3, 0.4) is 0 Å². The number of allylic oxidation sites excluding steroid dienone is 1. The van der Waals surface area contributed by atoms with Crippen molar-refractivity contribution in [2.75, 3.05) is 64.6 Å². The number of para-hydroxylation sites is 1. The van der Waals surface area contributed by atoms with Crippen LogP contribution in [0.4, 0.5) is 5.69 Å². The lowest BCUT2D eigenvalue weighted by Gasteiger charge is -2.41. The minimum atomic E-state index is -3.27. The maximum absolute atomic E-state index is 14.1. The van der Waals surface area contributed by atoms with Crippen molar-refractivity contribution in [3.05, 3.63) is 41.6 Å². The van der Waals surface area contributed by atoms with E-state index < -0.39 is 7.59 Å².